The van der Waals surface area contributed by atoms with Gasteiger partial charge in [0.2, 0.25) is 11.8 Å². The van der Waals surface area contributed by atoms with E-state index in [4.69, 9.17) is 5.26 Å². The lowest BCUT2D eigenvalue weighted by Crippen LogP contribution is -2.57. The van der Waals surface area contributed by atoms with Crippen LogP contribution in [-0.4, -0.2) is 60.4 Å². The van der Waals surface area contributed by atoms with Crippen molar-refractivity contribution in [1.82, 2.24) is 9.80 Å². The zero-order chi connectivity index (χ0) is 20.9. The van der Waals surface area contributed by atoms with Gasteiger partial charge in [-0.3, -0.25) is 14.5 Å². The summed E-state index contributed by atoms with van der Waals surface area (Å²) in [5.74, 6) is 0.149. The van der Waals surface area contributed by atoms with Crippen molar-refractivity contribution in [1.29, 1.82) is 5.26 Å². The summed E-state index contributed by atoms with van der Waals surface area (Å²) < 4.78 is 0. The van der Waals surface area contributed by atoms with Gasteiger partial charge in [-0.1, -0.05) is 38.5 Å². The highest BCUT2D eigenvalue weighted by molar-refractivity contribution is 5.97. The first-order valence-electron chi connectivity index (χ1n) is 9.93. The fourth-order valence-electron chi connectivity index (χ4n) is 3.42. The first-order valence-corrected chi connectivity index (χ1v) is 9.93. The van der Waals surface area contributed by atoms with E-state index in [0.717, 1.165) is 11.3 Å². The second-order valence-electron chi connectivity index (χ2n) is 8.49. The average Bonchev–Trinajstić information content (AvgIpc) is 2.67. The molecule has 1 unspecified atom stereocenters. The van der Waals surface area contributed by atoms with Crippen molar-refractivity contribution in [2.45, 2.75) is 47.1 Å². The number of hydrogen-bond acceptors (Lipinski definition) is 4. The molecule has 28 heavy (non-hydrogen) atoms. The molecule has 1 heterocycles. The van der Waals surface area contributed by atoms with Crippen LogP contribution >= 0.6 is 0 Å². The van der Waals surface area contributed by atoms with Crippen molar-refractivity contribution in [2.24, 2.45) is 5.41 Å². The summed E-state index contributed by atoms with van der Waals surface area (Å²) in [6.45, 7) is 12.7. The molecule has 0 aliphatic carbocycles. The molecule has 152 valence electrons. The zero-order valence-corrected chi connectivity index (χ0v) is 17.7. The van der Waals surface area contributed by atoms with Crippen molar-refractivity contribution >= 4 is 17.5 Å². The number of carbonyl (C=O) groups is 2. The summed E-state index contributed by atoms with van der Waals surface area (Å²) >= 11 is 0. The van der Waals surface area contributed by atoms with E-state index in [0.29, 0.717) is 39.1 Å². The number of amides is 2. The van der Waals surface area contributed by atoms with Crippen molar-refractivity contribution in [2.75, 3.05) is 37.6 Å². The van der Waals surface area contributed by atoms with Crippen LogP contribution in [0, 0.1) is 23.7 Å². The lowest BCUT2D eigenvalue weighted by atomic mass is 9.94. The molecule has 0 radical (unpaired) electrons. The molecule has 1 aliphatic heterocycles. The maximum atomic E-state index is 13.2. The highest BCUT2D eigenvalue weighted by Gasteiger charge is 2.33. The van der Waals surface area contributed by atoms with Crippen LogP contribution in [0.25, 0.3) is 0 Å². The van der Waals surface area contributed by atoms with Gasteiger partial charge in [0.15, 0.2) is 0 Å². The lowest BCUT2D eigenvalue weighted by Gasteiger charge is -2.40. The minimum Gasteiger partial charge on any atom is -0.340 e. The topological polar surface area (TPSA) is 67.7 Å². The molecule has 0 spiro atoms. The van der Waals surface area contributed by atoms with E-state index >= 15 is 0 Å². The summed E-state index contributed by atoms with van der Waals surface area (Å²) in [5, 5.41) is 8.99. The largest absolute Gasteiger partial charge is 0.340 e. The molecule has 1 aromatic rings. The van der Waals surface area contributed by atoms with E-state index in [-0.39, 0.29) is 23.3 Å². The van der Waals surface area contributed by atoms with Gasteiger partial charge in [0.1, 0.15) is 0 Å². The Hall–Kier alpha value is -2.39. The fourth-order valence-corrected chi connectivity index (χ4v) is 3.42. The number of hydrogen-bond donors (Lipinski definition) is 0. The number of piperazine rings is 1. The number of carbonyl (C=O) groups excluding carboxylic acids is 2. The minimum absolute atomic E-state index is 0.00491. The third kappa shape index (κ3) is 5.32. The summed E-state index contributed by atoms with van der Waals surface area (Å²) in [6, 6.07) is 9.64. The predicted octanol–water partition coefficient (Wildman–Crippen LogP) is 2.82. The number of benzene rings is 1. The molecule has 1 saturated heterocycles. The molecule has 2 rings (SSSR count). The van der Waals surface area contributed by atoms with E-state index < -0.39 is 0 Å². The molecule has 0 aromatic heterocycles. The maximum absolute atomic E-state index is 13.2. The Morgan fingerprint density at radius 3 is 2.21 bits per heavy atom. The molecule has 1 aliphatic rings. The highest BCUT2D eigenvalue weighted by Crippen LogP contribution is 2.21. The molecule has 0 bridgehead atoms. The van der Waals surface area contributed by atoms with Crippen LogP contribution in [0.3, 0.4) is 0 Å². The first kappa shape index (κ1) is 21.9. The second-order valence-corrected chi connectivity index (χ2v) is 8.49. The molecule has 1 aromatic carbocycles. The number of anilines is 1. The van der Waals surface area contributed by atoms with E-state index in [1.54, 1.807) is 4.90 Å². The van der Waals surface area contributed by atoms with Crippen molar-refractivity contribution in [3.05, 3.63) is 29.8 Å². The second kappa shape index (κ2) is 9.20. The van der Waals surface area contributed by atoms with E-state index in [1.165, 1.54) is 0 Å². The van der Waals surface area contributed by atoms with Crippen molar-refractivity contribution in [3.8, 4) is 6.07 Å². The average molecular weight is 385 g/mol. The zero-order valence-electron chi connectivity index (χ0n) is 17.7. The normalized spacial score (nSPS) is 16.4. The van der Waals surface area contributed by atoms with Gasteiger partial charge >= 0.3 is 0 Å². The van der Waals surface area contributed by atoms with Crippen LogP contribution in [0.15, 0.2) is 24.3 Å². The Balaban J connectivity index is 2.06. The molecule has 1 fully saturated rings. The van der Waals surface area contributed by atoms with Crippen LogP contribution in [0.5, 0.6) is 0 Å². The van der Waals surface area contributed by atoms with Gasteiger partial charge in [-0.25, -0.2) is 0 Å². The highest BCUT2D eigenvalue weighted by atomic mass is 16.2. The van der Waals surface area contributed by atoms with Gasteiger partial charge in [-0.15, -0.1) is 0 Å². The number of aryl methyl sites for hydroxylation is 1. The Kier molecular flexibility index (Phi) is 7.20. The molecular weight excluding hydrogens is 352 g/mol. The lowest BCUT2D eigenvalue weighted by molar-refractivity contribution is -0.141. The molecule has 0 N–H and O–H groups in total. The van der Waals surface area contributed by atoms with Crippen molar-refractivity contribution < 1.29 is 9.59 Å². The van der Waals surface area contributed by atoms with Crippen LogP contribution in [0.4, 0.5) is 5.69 Å². The Morgan fingerprint density at radius 2 is 1.71 bits per heavy atom. The standard InChI is InChI=1S/C22H32N4O2/c1-17-7-9-19(10-8-17)26(12-6-11-23)20(27)18(2)24-13-15-25(16-14-24)21(28)22(3,4)5/h7-10,18H,6,12-16H2,1-5H3. The van der Waals surface area contributed by atoms with Crippen LogP contribution in [0.1, 0.15) is 39.7 Å². The van der Waals surface area contributed by atoms with Gasteiger partial charge in [0.25, 0.3) is 0 Å². The molecule has 6 heteroatoms. The van der Waals surface area contributed by atoms with E-state index in [9.17, 15) is 9.59 Å². The van der Waals surface area contributed by atoms with Crippen molar-refractivity contribution in [3.63, 3.8) is 0 Å². The molecule has 1 atom stereocenters. The smallest absolute Gasteiger partial charge is 0.244 e. The van der Waals surface area contributed by atoms with Crippen LogP contribution in [-0.2, 0) is 9.59 Å². The van der Waals surface area contributed by atoms with Gasteiger partial charge in [0.05, 0.1) is 18.5 Å². The number of rotatable bonds is 5. The number of nitrogens with zero attached hydrogens (tertiary/aromatic N) is 4. The molecular formula is C22H32N4O2. The van der Waals surface area contributed by atoms with E-state index in [2.05, 4.69) is 11.0 Å². The number of nitriles is 1. The minimum atomic E-state index is -0.386. The van der Waals surface area contributed by atoms with Gasteiger partial charge < -0.3 is 9.80 Å². The fraction of sp³-hybridized carbons (Fsp3) is 0.591. The summed E-state index contributed by atoms with van der Waals surface area (Å²) in [7, 11) is 0. The summed E-state index contributed by atoms with van der Waals surface area (Å²) in [6.07, 6.45) is 0.292. The van der Waals surface area contributed by atoms with Gasteiger partial charge in [-0.2, -0.15) is 5.26 Å². The third-order valence-corrected chi connectivity index (χ3v) is 5.21. The molecule has 6 nitrogen and oxygen atoms in total. The predicted molar refractivity (Wildman–Crippen MR) is 111 cm³/mol. The quantitative estimate of drug-likeness (QED) is 0.783. The Bertz CT molecular complexity index is 722. The van der Waals surface area contributed by atoms with E-state index in [1.807, 2.05) is 63.8 Å². The monoisotopic (exact) mass is 384 g/mol. The molecule has 2 amide bonds. The maximum Gasteiger partial charge on any atom is 0.244 e. The van der Waals surface area contributed by atoms with Gasteiger partial charge in [-0.05, 0) is 26.0 Å². The summed E-state index contributed by atoms with van der Waals surface area (Å²) in [4.78, 5) is 31.4. The van der Waals surface area contributed by atoms with Crippen LogP contribution in [0.2, 0.25) is 0 Å². The van der Waals surface area contributed by atoms with Gasteiger partial charge in [0, 0.05) is 43.8 Å². The summed E-state index contributed by atoms with van der Waals surface area (Å²) in [5.41, 5.74) is 1.56. The Labute approximate surface area is 168 Å². The SMILES string of the molecule is Cc1ccc(N(CCC#N)C(=O)C(C)N2CCN(C(=O)C(C)(C)C)CC2)cc1. The van der Waals surface area contributed by atoms with Crippen LogP contribution < -0.4 is 4.90 Å². The first-order chi connectivity index (χ1) is 13.1. The third-order valence-electron chi connectivity index (χ3n) is 5.21. The molecule has 0 saturated carbocycles. The Morgan fingerprint density at radius 1 is 1.14 bits per heavy atom.